The molecule has 1 rings (SSSR count). The van der Waals surface area contributed by atoms with Crippen molar-refractivity contribution in [1.29, 1.82) is 0 Å². The highest BCUT2D eigenvalue weighted by Crippen LogP contribution is 2.09. The third-order valence-electron chi connectivity index (χ3n) is 1.83. The molecule has 1 aromatic carbocycles. The van der Waals surface area contributed by atoms with Gasteiger partial charge in [0.2, 0.25) is 0 Å². The van der Waals surface area contributed by atoms with Crippen LogP contribution in [0.15, 0.2) is 31.4 Å². The van der Waals surface area contributed by atoms with E-state index < -0.39 is 0 Å². The first-order chi connectivity index (χ1) is 6.74. The summed E-state index contributed by atoms with van der Waals surface area (Å²) in [7, 11) is 1.64. The summed E-state index contributed by atoms with van der Waals surface area (Å²) in [5.74, 6) is -0.136. The van der Waals surface area contributed by atoms with E-state index in [0.29, 0.717) is 12.2 Å². The van der Waals surface area contributed by atoms with Gasteiger partial charge in [0.25, 0.3) is 0 Å². The van der Waals surface area contributed by atoms with Crippen molar-refractivity contribution >= 4 is 0 Å². The van der Waals surface area contributed by atoms with Crippen LogP contribution in [-0.2, 0) is 11.2 Å². The first kappa shape index (κ1) is 12.8. The maximum absolute atomic E-state index is 13.0. The van der Waals surface area contributed by atoms with E-state index in [4.69, 9.17) is 4.74 Å². The SMILES string of the molecule is C=C.COCCc1ccc(C)c(F)c1. The number of methoxy groups -OCH3 is 1. The minimum absolute atomic E-state index is 0.136. The average Bonchev–Trinajstić information content (AvgIpc) is 2.23. The molecule has 14 heavy (non-hydrogen) atoms. The van der Waals surface area contributed by atoms with Crippen molar-refractivity contribution in [3.63, 3.8) is 0 Å². The van der Waals surface area contributed by atoms with Crippen molar-refractivity contribution in [3.05, 3.63) is 48.3 Å². The van der Waals surface area contributed by atoms with Crippen molar-refractivity contribution in [2.24, 2.45) is 0 Å². The molecule has 0 aromatic heterocycles. The van der Waals surface area contributed by atoms with Gasteiger partial charge >= 0.3 is 0 Å². The molecule has 1 nitrogen and oxygen atoms in total. The molecule has 0 aliphatic rings. The molecule has 2 heteroatoms. The van der Waals surface area contributed by atoms with Crippen LogP contribution in [0.2, 0.25) is 0 Å². The highest BCUT2D eigenvalue weighted by Gasteiger charge is 1.98. The molecule has 0 amide bonds. The minimum atomic E-state index is -0.136. The van der Waals surface area contributed by atoms with Crippen LogP contribution < -0.4 is 0 Å². The van der Waals surface area contributed by atoms with Crippen molar-refractivity contribution in [3.8, 4) is 0 Å². The van der Waals surface area contributed by atoms with Gasteiger partial charge in [-0.3, -0.25) is 0 Å². The van der Waals surface area contributed by atoms with Gasteiger partial charge in [0.1, 0.15) is 5.82 Å². The average molecular weight is 196 g/mol. The molecule has 0 fully saturated rings. The second kappa shape index (κ2) is 7.27. The molecule has 1 aromatic rings. The fourth-order valence-electron chi connectivity index (χ4n) is 1.01. The second-order valence-corrected chi connectivity index (χ2v) is 2.83. The zero-order chi connectivity index (χ0) is 11.0. The van der Waals surface area contributed by atoms with Gasteiger partial charge in [-0.2, -0.15) is 0 Å². The Bertz CT molecular complexity index is 271. The number of benzene rings is 1. The maximum Gasteiger partial charge on any atom is 0.126 e. The zero-order valence-corrected chi connectivity index (χ0v) is 8.85. The quantitative estimate of drug-likeness (QED) is 0.675. The van der Waals surface area contributed by atoms with E-state index in [-0.39, 0.29) is 5.82 Å². The number of hydrogen-bond acceptors (Lipinski definition) is 1. The Morgan fingerprint density at radius 1 is 1.36 bits per heavy atom. The molecule has 0 bridgehead atoms. The van der Waals surface area contributed by atoms with Crippen LogP contribution in [0.25, 0.3) is 0 Å². The van der Waals surface area contributed by atoms with Crippen molar-refractivity contribution in [1.82, 2.24) is 0 Å². The van der Waals surface area contributed by atoms with Crippen LogP contribution in [0.4, 0.5) is 4.39 Å². The van der Waals surface area contributed by atoms with Gasteiger partial charge in [-0.1, -0.05) is 12.1 Å². The zero-order valence-electron chi connectivity index (χ0n) is 8.85. The van der Waals surface area contributed by atoms with Gasteiger partial charge in [0, 0.05) is 7.11 Å². The molecule has 78 valence electrons. The Kier molecular flexibility index (Phi) is 6.68. The molecule has 0 heterocycles. The summed E-state index contributed by atoms with van der Waals surface area (Å²) in [6.07, 6.45) is 0.772. The predicted octanol–water partition coefficient (Wildman–Crippen LogP) is 3.13. The third kappa shape index (κ3) is 4.19. The summed E-state index contributed by atoms with van der Waals surface area (Å²) in [6, 6.07) is 5.28. The lowest BCUT2D eigenvalue weighted by Crippen LogP contribution is -1.95. The summed E-state index contributed by atoms with van der Waals surface area (Å²) in [5, 5.41) is 0. The minimum Gasteiger partial charge on any atom is -0.384 e. The van der Waals surface area contributed by atoms with Crippen LogP contribution in [0.3, 0.4) is 0 Å². The molecular formula is C12H17FO. The monoisotopic (exact) mass is 196 g/mol. The van der Waals surface area contributed by atoms with Crippen molar-refractivity contribution < 1.29 is 9.13 Å². The van der Waals surface area contributed by atoms with Gasteiger partial charge in [-0.15, -0.1) is 13.2 Å². The lowest BCUT2D eigenvalue weighted by atomic mass is 10.1. The Hall–Kier alpha value is -1.15. The standard InChI is InChI=1S/C10H13FO.C2H4/c1-8-3-4-9(5-6-12-2)7-10(8)11;1-2/h3-4,7H,5-6H2,1-2H3;1-2H2. The van der Waals surface area contributed by atoms with E-state index in [2.05, 4.69) is 13.2 Å². The maximum atomic E-state index is 13.0. The number of ether oxygens (including phenoxy) is 1. The molecule has 0 saturated carbocycles. The number of rotatable bonds is 3. The summed E-state index contributed by atoms with van der Waals surface area (Å²) >= 11 is 0. The normalized spacial score (nSPS) is 9.07. The highest BCUT2D eigenvalue weighted by atomic mass is 19.1. The van der Waals surface area contributed by atoms with E-state index in [9.17, 15) is 4.39 Å². The topological polar surface area (TPSA) is 9.23 Å². The van der Waals surface area contributed by atoms with Crippen LogP contribution in [0, 0.1) is 12.7 Å². The Balaban J connectivity index is 0.000000791. The Labute approximate surface area is 85.2 Å². The first-order valence-corrected chi connectivity index (χ1v) is 4.48. The van der Waals surface area contributed by atoms with Crippen molar-refractivity contribution in [2.75, 3.05) is 13.7 Å². The molecule has 0 radical (unpaired) electrons. The van der Waals surface area contributed by atoms with Gasteiger partial charge in [0.15, 0.2) is 0 Å². The smallest absolute Gasteiger partial charge is 0.126 e. The fourth-order valence-corrected chi connectivity index (χ4v) is 1.01. The molecule has 0 unspecified atom stereocenters. The molecule has 0 atom stereocenters. The second-order valence-electron chi connectivity index (χ2n) is 2.83. The number of hydrogen-bond donors (Lipinski definition) is 0. The highest BCUT2D eigenvalue weighted by molar-refractivity contribution is 5.23. The van der Waals surface area contributed by atoms with E-state index in [1.807, 2.05) is 6.07 Å². The molecule has 0 aliphatic carbocycles. The van der Waals surface area contributed by atoms with E-state index in [1.54, 1.807) is 26.2 Å². The Morgan fingerprint density at radius 2 is 2.00 bits per heavy atom. The van der Waals surface area contributed by atoms with E-state index in [0.717, 1.165) is 12.0 Å². The van der Waals surface area contributed by atoms with Gasteiger partial charge in [-0.25, -0.2) is 4.39 Å². The van der Waals surface area contributed by atoms with Crippen LogP contribution in [0.1, 0.15) is 11.1 Å². The summed E-state index contributed by atoms with van der Waals surface area (Å²) in [4.78, 5) is 0. The summed E-state index contributed by atoms with van der Waals surface area (Å²) < 4.78 is 17.9. The Morgan fingerprint density at radius 3 is 2.50 bits per heavy atom. The fraction of sp³-hybridized carbons (Fsp3) is 0.333. The van der Waals surface area contributed by atoms with E-state index >= 15 is 0 Å². The van der Waals surface area contributed by atoms with Gasteiger partial charge in [-0.05, 0) is 30.5 Å². The molecule has 0 saturated heterocycles. The summed E-state index contributed by atoms with van der Waals surface area (Å²) in [6.45, 7) is 8.40. The molecular weight excluding hydrogens is 179 g/mol. The third-order valence-corrected chi connectivity index (χ3v) is 1.83. The predicted molar refractivity (Wildman–Crippen MR) is 58.0 cm³/mol. The first-order valence-electron chi connectivity index (χ1n) is 4.48. The summed E-state index contributed by atoms with van der Waals surface area (Å²) in [5.41, 5.74) is 1.68. The van der Waals surface area contributed by atoms with Gasteiger partial charge < -0.3 is 4.74 Å². The van der Waals surface area contributed by atoms with Crippen LogP contribution in [-0.4, -0.2) is 13.7 Å². The van der Waals surface area contributed by atoms with Crippen molar-refractivity contribution in [2.45, 2.75) is 13.3 Å². The molecule has 0 N–H and O–H groups in total. The van der Waals surface area contributed by atoms with Gasteiger partial charge in [0.05, 0.1) is 6.61 Å². The van der Waals surface area contributed by atoms with Crippen LogP contribution >= 0.6 is 0 Å². The lowest BCUT2D eigenvalue weighted by molar-refractivity contribution is 0.202. The lowest BCUT2D eigenvalue weighted by Gasteiger charge is -2.01. The largest absolute Gasteiger partial charge is 0.384 e. The van der Waals surface area contributed by atoms with Crippen LogP contribution in [0.5, 0.6) is 0 Å². The number of aryl methyl sites for hydroxylation is 1. The molecule has 0 spiro atoms. The van der Waals surface area contributed by atoms with E-state index in [1.165, 1.54) is 0 Å². The number of halogens is 1. The molecule has 0 aliphatic heterocycles.